The number of nitrogen functional groups attached to an aromatic ring is 1. The summed E-state index contributed by atoms with van der Waals surface area (Å²) in [4.78, 5) is 7.96. The van der Waals surface area contributed by atoms with Crippen molar-refractivity contribution < 1.29 is 4.74 Å². The third-order valence-corrected chi connectivity index (χ3v) is 3.44. The zero-order valence-electron chi connectivity index (χ0n) is 9.45. The average molecular weight is 330 g/mol. The summed E-state index contributed by atoms with van der Waals surface area (Å²) in [5.41, 5.74) is 7.02. The zero-order valence-corrected chi connectivity index (χ0v) is 11.8. The van der Waals surface area contributed by atoms with E-state index in [2.05, 4.69) is 31.2 Å². The topological polar surface area (TPSA) is 73.1 Å². The van der Waals surface area contributed by atoms with E-state index in [0.29, 0.717) is 22.4 Å². The summed E-state index contributed by atoms with van der Waals surface area (Å²) >= 11 is 9.26. The molecule has 0 aliphatic carbocycles. The van der Waals surface area contributed by atoms with Gasteiger partial charge < -0.3 is 15.8 Å². The molecule has 0 bridgehead atoms. The van der Waals surface area contributed by atoms with E-state index in [1.165, 1.54) is 13.4 Å². The van der Waals surface area contributed by atoms with Crippen LogP contribution in [0.25, 0.3) is 0 Å². The molecule has 0 saturated heterocycles. The molecule has 0 radical (unpaired) electrons. The number of hydrogen-bond acceptors (Lipinski definition) is 5. The molecule has 0 saturated carbocycles. The standard InChI is InChI=1S/C11H10BrClN4O/c1-18-11-9(14)10(15-5-16-11)17-6-2-3-8(13)7(12)4-6/h2-5H,14H2,1H3,(H,15,16,17). The Bertz CT molecular complexity index is 579. The fourth-order valence-corrected chi connectivity index (χ4v) is 1.85. The number of rotatable bonds is 3. The Morgan fingerprint density at radius 3 is 2.83 bits per heavy atom. The molecule has 94 valence electrons. The molecular weight excluding hydrogens is 320 g/mol. The molecule has 0 atom stereocenters. The van der Waals surface area contributed by atoms with Crippen LogP contribution < -0.4 is 15.8 Å². The summed E-state index contributed by atoms with van der Waals surface area (Å²) in [7, 11) is 1.50. The van der Waals surface area contributed by atoms with Gasteiger partial charge in [-0.2, -0.15) is 4.98 Å². The van der Waals surface area contributed by atoms with Crippen molar-refractivity contribution in [2.45, 2.75) is 0 Å². The summed E-state index contributed by atoms with van der Waals surface area (Å²) in [6, 6.07) is 5.42. The van der Waals surface area contributed by atoms with E-state index in [0.717, 1.165) is 10.2 Å². The van der Waals surface area contributed by atoms with E-state index in [1.807, 2.05) is 12.1 Å². The van der Waals surface area contributed by atoms with Crippen molar-refractivity contribution in [1.29, 1.82) is 0 Å². The number of hydrogen-bond donors (Lipinski definition) is 2. The van der Waals surface area contributed by atoms with E-state index >= 15 is 0 Å². The molecule has 2 aromatic rings. The minimum Gasteiger partial charge on any atom is -0.479 e. The Balaban J connectivity index is 2.31. The Labute approximate surface area is 117 Å². The lowest BCUT2D eigenvalue weighted by Gasteiger charge is -2.10. The molecule has 1 heterocycles. The predicted octanol–water partition coefficient (Wildman–Crippen LogP) is 3.23. The van der Waals surface area contributed by atoms with Gasteiger partial charge in [0.05, 0.1) is 12.1 Å². The predicted molar refractivity (Wildman–Crippen MR) is 75.4 cm³/mol. The molecule has 1 aromatic carbocycles. The van der Waals surface area contributed by atoms with Crippen molar-refractivity contribution in [3.8, 4) is 5.88 Å². The van der Waals surface area contributed by atoms with Crippen molar-refractivity contribution in [3.63, 3.8) is 0 Å². The van der Waals surface area contributed by atoms with Crippen LogP contribution in [0.5, 0.6) is 5.88 Å². The van der Waals surface area contributed by atoms with Crippen LogP contribution in [0.2, 0.25) is 5.02 Å². The van der Waals surface area contributed by atoms with Gasteiger partial charge in [0.1, 0.15) is 12.0 Å². The lowest BCUT2D eigenvalue weighted by Crippen LogP contribution is -2.03. The van der Waals surface area contributed by atoms with E-state index in [1.54, 1.807) is 6.07 Å². The van der Waals surface area contributed by atoms with Gasteiger partial charge in [-0.05, 0) is 34.1 Å². The van der Waals surface area contributed by atoms with Crippen LogP contribution in [0, 0.1) is 0 Å². The largest absolute Gasteiger partial charge is 0.479 e. The molecule has 7 heteroatoms. The molecule has 3 N–H and O–H groups in total. The number of benzene rings is 1. The maximum absolute atomic E-state index is 5.92. The van der Waals surface area contributed by atoms with Gasteiger partial charge in [0, 0.05) is 10.2 Å². The number of nitrogens with zero attached hydrogens (tertiary/aromatic N) is 2. The van der Waals surface area contributed by atoms with Crippen molar-refractivity contribution in [2.75, 3.05) is 18.2 Å². The SMILES string of the molecule is COc1ncnc(Nc2ccc(Cl)c(Br)c2)c1N. The number of halogens is 2. The number of methoxy groups -OCH3 is 1. The van der Waals surface area contributed by atoms with Gasteiger partial charge in [-0.25, -0.2) is 4.98 Å². The molecule has 0 amide bonds. The fourth-order valence-electron chi connectivity index (χ4n) is 1.35. The highest BCUT2D eigenvalue weighted by Crippen LogP contribution is 2.30. The number of anilines is 3. The second-order valence-corrected chi connectivity index (χ2v) is 4.66. The minimum absolute atomic E-state index is 0.334. The van der Waals surface area contributed by atoms with Gasteiger partial charge in [-0.3, -0.25) is 0 Å². The summed E-state index contributed by atoms with van der Waals surface area (Å²) in [6.07, 6.45) is 1.38. The quantitative estimate of drug-likeness (QED) is 0.904. The molecular formula is C11H10BrClN4O. The minimum atomic E-state index is 0.334. The van der Waals surface area contributed by atoms with Gasteiger partial charge in [-0.1, -0.05) is 11.6 Å². The van der Waals surface area contributed by atoms with Crippen molar-refractivity contribution in [2.24, 2.45) is 0 Å². The van der Waals surface area contributed by atoms with E-state index in [9.17, 15) is 0 Å². The zero-order chi connectivity index (χ0) is 13.1. The van der Waals surface area contributed by atoms with Crippen LogP contribution in [0.4, 0.5) is 17.2 Å². The fraction of sp³-hybridized carbons (Fsp3) is 0.0909. The molecule has 5 nitrogen and oxygen atoms in total. The first-order valence-corrected chi connectivity index (χ1v) is 6.15. The number of ether oxygens (including phenoxy) is 1. The Hall–Kier alpha value is -1.53. The second-order valence-electron chi connectivity index (χ2n) is 3.40. The van der Waals surface area contributed by atoms with Crippen LogP contribution in [0.1, 0.15) is 0 Å². The van der Waals surface area contributed by atoms with Crippen molar-refractivity contribution in [3.05, 3.63) is 34.0 Å². The third-order valence-electron chi connectivity index (χ3n) is 2.22. The maximum Gasteiger partial charge on any atom is 0.242 e. The molecule has 1 aromatic heterocycles. The lowest BCUT2D eigenvalue weighted by molar-refractivity contribution is 0.399. The maximum atomic E-state index is 5.92. The highest BCUT2D eigenvalue weighted by Gasteiger charge is 2.08. The summed E-state index contributed by atoms with van der Waals surface area (Å²) in [5.74, 6) is 0.816. The van der Waals surface area contributed by atoms with E-state index in [-0.39, 0.29) is 0 Å². The molecule has 2 rings (SSSR count). The van der Waals surface area contributed by atoms with E-state index in [4.69, 9.17) is 22.1 Å². The first-order chi connectivity index (χ1) is 8.61. The number of nitrogens with two attached hydrogens (primary N) is 1. The monoisotopic (exact) mass is 328 g/mol. The molecule has 0 aliphatic heterocycles. The summed E-state index contributed by atoms with van der Waals surface area (Å²) in [5, 5.41) is 3.70. The van der Waals surface area contributed by atoms with Gasteiger partial charge >= 0.3 is 0 Å². The summed E-state index contributed by atoms with van der Waals surface area (Å²) < 4.78 is 5.81. The molecule has 0 unspecified atom stereocenters. The summed E-state index contributed by atoms with van der Waals surface area (Å²) in [6.45, 7) is 0. The molecule has 18 heavy (non-hydrogen) atoms. The molecule has 0 spiro atoms. The first-order valence-electron chi connectivity index (χ1n) is 4.98. The number of nitrogens with one attached hydrogen (secondary N) is 1. The Morgan fingerprint density at radius 1 is 1.39 bits per heavy atom. The molecule has 0 aliphatic rings. The van der Waals surface area contributed by atoms with Crippen LogP contribution in [-0.4, -0.2) is 17.1 Å². The van der Waals surface area contributed by atoms with Crippen LogP contribution >= 0.6 is 27.5 Å². The Morgan fingerprint density at radius 2 is 2.17 bits per heavy atom. The van der Waals surface area contributed by atoms with Gasteiger partial charge in [-0.15, -0.1) is 0 Å². The van der Waals surface area contributed by atoms with E-state index < -0.39 is 0 Å². The van der Waals surface area contributed by atoms with Crippen molar-refractivity contribution in [1.82, 2.24) is 9.97 Å². The van der Waals surface area contributed by atoms with Crippen LogP contribution in [0.3, 0.4) is 0 Å². The first kappa shape index (κ1) is 12.9. The highest BCUT2D eigenvalue weighted by molar-refractivity contribution is 9.10. The van der Waals surface area contributed by atoms with Crippen LogP contribution in [0.15, 0.2) is 29.0 Å². The van der Waals surface area contributed by atoms with Crippen LogP contribution in [-0.2, 0) is 0 Å². The third kappa shape index (κ3) is 2.65. The van der Waals surface area contributed by atoms with Gasteiger partial charge in [0.2, 0.25) is 5.88 Å². The van der Waals surface area contributed by atoms with Crippen molar-refractivity contribution >= 4 is 44.7 Å². The highest BCUT2D eigenvalue weighted by atomic mass is 79.9. The Kier molecular flexibility index (Phi) is 3.88. The second kappa shape index (κ2) is 5.41. The lowest BCUT2D eigenvalue weighted by atomic mass is 10.3. The van der Waals surface area contributed by atoms with Gasteiger partial charge in [0.25, 0.3) is 0 Å². The smallest absolute Gasteiger partial charge is 0.242 e. The van der Waals surface area contributed by atoms with Gasteiger partial charge in [0.15, 0.2) is 5.82 Å². The average Bonchev–Trinajstić information content (AvgIpc) is 2.36. The number of aromatic nitrogens is 2. The normalized spacial score (nSPS) is 10.2. The molecule has 0 fully saturated rings.